The Hall–Kier alpha value is -2.42. The Bertz CT molecular complexity index is 948. The van der Waals surface area contributed by atoms with Gasteiger partial charge in [0.05, 0.1) is 24.5 Å². The molecule has 2 N–H and O–H groups in total. The second-order valence-corrected chi connectivity index (χ2v) is 9.83. The van der Waals surface area contributed by atoms with Gasteiger partial charge in [-0.2, -0.15) is 0 Å². The Balaban J connectivity index is 1.37. The summed E-state index contributed by atoms with van der Waals surface area (Å²) < 4.78 is 18.6. The summed E-state index contributed by atoms with van der Waals surface area (Å²) in [4.78, 5) is 28.1. The summed E-state index contributed by atoms with van der Waals surface area (Å²) in [6, 6.07) is 13.6. The maximum Gasteiger partial charge on any atom is 0.243 e. The average molecular weight is 472 g/mol. The predicted molar refractivity (Wildman–Crippen MR) is 128 cm³/mol. The monoisotopic (exact) mass is 471 g/mol. The van der Waals surface area contributed by atoms with Gasteiger partial charge >= 0.3 is 0 Å². The van der Waals surface area contributed by atoms with E-state index in [4.69, 9.17) is 4.74 Å². The number of carbonyl (C=O) groups excluding carboxylic acids is 2. The van der Waals surface area contributed by atoms with Gasteiger partial charge in [-0.15, -0.1) is 11.8 Å². The zero-order chi connectivity index (χ0) is 23.2. The quantitative estimate of drug-likeness (QED) is 0.649. The minimum Gasteiger partial charge on any atom is -0.379 e. The largest absolute Gasteiger partial charge is 0.379 e. The van der Waals surface area contributed by atoms with Crippen LogP contribution in [0.2, 0.25) is 0 Å². The van der Waals surface area contributed by atoms with Crippen molar-refractivity contribution in [2.45, 2.75) is 30.7 Å². The zero-order valence-corrected chi connectivity index (χ0v) is 19.6. The van der Waals surface area contributed by atoms with Gasteiger partial charge in [-0.1, -0.05) is 42.0 Å². The van der Waals surface area contributed by atoms with Crippen molar-refractivity contribution in [3.8, 4) is 0 Å². The maximum atomic E-state index is 13.1. The lowest BCUT2D eigenvalue weighted by molar-refractivity contribution is -0.129. The molecule has 2 aliphatic rings. The van der Waals surface area contributed by atoms with Crippen molar-refractivity contribution in [1.29, 1.82) is 0 Å². The first kappa shape index (κ1) is 23.7. The number of halogens is 1. The molecule has 2 aliphatic heterocycles. The third kappa shape index (κ3) is 6.56. The molecule has 176 valence electrons. The molecule has 8 heteroatoms. The van der Waals surface area contributed by atoms with E-state index in [9.17, 15) is 14.0 Å². The lowest BCUT2D eigenvalue weighted by Gasteiger charge is -2.33. The van der Waals surface area contributed by atoms with Crippen LogP contribution in [-0.4, -0.2) is 66.6 Å². The molecule has 3 atom stereocenters. The number of benzene rings is 2. The van der Waals surface area contributed by atoms with Crippen LogP contribution in [0.1, 0.15) is 22.7 Å². The van der Waals surface area contributed by atoms with Crippen molar-refractivity contribution in [2.75, 3.05) is 38.6 Å². The van der Waals surface area contributed by atoms with Crippen molar-refractivity contribution in [3.63, 3.8) is 0 Å². The van der Waals surface area contributed by atoms with E-state index < -0.39 is 6.04 Å². The molecular formula is C25H30FN3O3S. The molecule has 6 nitrogen and oxygen atoms in total. The molecule has 4 rings (SSSR count). The standard InChI is InChI=1S/C25H30FN3O3S/c1-17-2-6-19(7-3-17)21(15-29-10-12-32-13-11-29)27-24(30)22-16-33-23(25(31)28-22)14-18-4-8-20(26)9-5-18/h2-9,21-23H,10-16H2,1H3,(H,27,30)(H,28,31)/t21-,22+,23+/m0/s1. The first-order valence-electron chi connectivity index (χ1n) is 11.3. The fraction of sp³-hybridized carbons (Fsp3) is 0.440. The summed E-state index contributed by atoms with van der Waals surface area (Å²) >= 11 is 1.47. The lowest BCUT2D eigenvalue weighted by atomic mass is 10.0. The molecule has 0 bridgehead atoms. The van der Waals surface area contributed by atoms with Crippen LogP contribution in [0.5, 0.6) is 0 Å². The molecule has 2 fully saturated rings. The molecule has 0 radical (unpaired) electrons. The highest BCUT2D eigenvalue weighted by Crippen LogP contribution is 2.23. The molecule has 2 aromatic rings. The van der Waals surface area contributed by atoms with Gasteiger partial charge in [0.2, 0.25) is 11.8 Å². The Morgan fingerprint density at radius 2 is 1.88 bits per heavy atom. The highest BCUT2D eigenvalue weighted by Gasteiger charge is 2.33. The number of hydrogen-bond donors (Lipinski definition) is 2. The predicted octanol–water partition coefficient (Wildman–Crippen LogP) is 2.47. The topological polar surface area (TPSA) is 70.7 Å². The van der Waals surface area contributed by atoms with Gasteiger partial charge in [0.15, 0.2) is 0 Å². The molecule has 33 heavy (non-hydrogen) atoms. The van der Waals surface area contributed by atoms with Gasteiger partial charge < -0.3 is 15.4 Å². The van der Waals surface area contributed by atoms with Crippen molar-refractivity contribution < 1.29 is 18.7 Å². The van der Waals surface area contributed by atoms with E-state index in [1.165, 1.54) is 29.5 Å². The summed E-state index contributed by atoms with van der Waals surface area (Å²) in [5.74, 6) is -0.121. The Kier molecular flexibility index (Phi) is 8.01. The van der Waals surface area contributed by atoms with Crippen LogP contribution in [0, 0.1) is 12.7 Å². The average Bonchev–Trinajstić information content (AvgIpc) is 2.82. The molecule has 0 unspecified atom stereocenters. The van der Waals surface area contributed by atoms with Crippen LogP contribution >= 0.6 is 11.8 Å². The summed E-state index contributed by atoms with van der Waals surface area (Å²) in [5.41, 5.74) is 3.11. The Labute approximate surface area is 198 Å². The van der Waals surface area contributed by atoms with Crippen LogP contribution in [0.15, 0.2) is 48.5 Å². The number of nitrogens with zero attached hydrogens (tertiary/aromatic N) is 1. The highest BCUT2D eigenvalue weighted by atomic mass is 32.2. The fourth-order valence-electron chi connectivity index (χ4n) is 4.07. The molecule has 0 aliphatic carbocycles. The first-order chi connectivity index (χ1) is 16.0. The lowest BCUT2D eigenvalue weighted by Crippen LogP contribution is -2.55. The molecular weight excluding hydrogens is 441 g/mol. The summed E-state index contributed by atoms with van der Waals surface area (Å²) in [6.07, 6.45) is 0.508. The SMILES string of the molecule is Cc1ccc([C@H](CN2CCOCC2)NC(=O)[C@H]2CS[C@H](Cc3ccc(F)cc3)C(=O)N2)cc1. The van der Waals surface area contributed by atoms with E-state index in [-0.39, 0.29) is 28.9 Å². The molecule has 2 heterocycles. The summed E-state index contributed by atoms with van der Waals surface area (Å²) in [7, 11) is 0. The smallest absolute Gasteiger partial charge is 0.243 e. The van der Waals surface area contributed by atoms with Crippen LogP contribution in [0.25, 0.3) is 0 Å². The number of morpholine rings is 1. The van der Waals surface area contributed by atoms with Gasteiger partial charge in [-0.3, -0.25) is 14.5 Å². The van der Waals surface area contributed by atoms with E-state index in [1.807, 2.05) is 31.2 Å². The first-order valence-corrected chi connectivity index (χ1v) is 12.4. The van der Waals surface area contributed by atoms with E-state index >= 15 is 0 Å². The molecule has 2 saturated heterocycles. The second-order valence-electron chi connectivity index (χ2n) is 8.60. The van der Waals surface area contributed by atoms with Crippen LogP contribution < -0.4 is 10.6 Å². The van der Waals surface area contributed by atoms with Crippen molar-refractivity contribution in [3.05, 3.63) is 71.0 Å². The summed E-state index contributed by atoms with van der Waals surface area (Å²) in [5, 5.41) is 5.77. The molecule has 2 aromatic carbocycles. The van der Waals surface area contributed by atoms with Crippen molar-refractivity contribution >= 4 is 23.6 Å². The van der Waals surface area contributed by atoms with Crippen LogP contribution in [0.4, 0.5) is 4.39 Å². The van der Waals surface area contributed by atoms with Gasteiger partial charge in [0.1, 0.15) is 11.9 Å². The number of ether oxygens (including phenoxy) is 1. The van der Waals surface area contributed by atoms with E-state index in [0.717, 1.165) is 24.2 Å². The second kappa shape index (κ2) is 11.1. The van der Waals surface area contributed by atoms with Crippen molar-refractivity contribution in [1.82, 2.24) is 15.5 Å². The number of hydrogen-bond acceptors (Lipinski definition) is 5. The summed E-state index contributed by atoms with van der Waals surface area (Å²) in [6.45, 7) is 5.78. The van der Waals surface area contributed by atoms with E-state index in [2.05, 4.69) is 15.5 Å². The third-order valence-electron chi connectivity index (χ3n) is 6.06. The number of nitrogens with one attached hydrogen (secondary N) is 2. The zero-order valence-electron chi connectivity index (χ0n) is 18.8. The Morgan fingerprint density at radius 1 is 1.18 bits per heavy atom. The van der Waals surface area contributed by atoms with E-state index in [1.54, 1.807) is 12.1 Å². The van der Waals surface area contributed by atoms with Crippen molar-refractivity contribution in [2.24, 2.45) is 0 Å². The van der Waals surface area contributed by atoms with Gasteiger partial charge in [0.25, 0.3) is 0 Å². The number of rotatable bonds is 7. The Morgan fingerprint density at radius 3 is 2.55 bits per heavy atom. The molecule has 0 spiro atoms. The highest BCUT2D eigenvalue weighted by molar-refractivity contribution is 8.00. The molecule has 0 aromatic heterocycles. The number of amides is 2. The molecule has 0 saturated carbocycles. The normalized spacial score (nSPS) is 22.4. The van der Waals surface area contributed by atoms with E-state index in [0.29, 0.717) is 31.9 Å². The number of carbonyl (C=O) groups is 2. The minimum absolute atomic E-state index is 0.157. The minimum atomic E-state index is -0.579. The van der Waals surface area contributed by atoms with Gasteiger partial charge in [0, 0.05) is 25.4 Å². The van der Waals surface area contributed by atoms with Gasteiger partial charge in [-0.05, 0) is 36.6 Å². The maximum absolute atomic E-state index is 13.1. The number of aryl methyl sites for hydroxylation is 1. The third-order valence-corrected chi connectivity index (χ3v) is 7.37. The molecule has 2 amide bonds. The van der Waals surface area contributed by atoms with Crippen LogP contribution in [-0.2, 0) is 20.7 Å². The van der Waals surface area contributed by atoms with Gasteiger partial charge in [-0.25, -0.2) is 4.39 Å². The van der Waals surface area contributed by atoms with Crippen LogP contribution in [0.3, 0.4) is 0 Å². The number of thioether (sulfide) groups is 1. The fourth-order valence-corrected chi connectivity index (χ4v) is 5.26.